The Morgan fingerprint density at radius 1 is 1.18 bits per heavy atom. The molecule has 0 aromatic heterocycles. The third-order valence-electron chi connectivity index (χ3n) is 3.37. The normalized spacial score (nSPS) is 20.1. The lowest BCUT2D eigenvalue weighted by molar-refractivity contribution is 0.0942. The van der Waals surface area contributed by atoms with Crippen LogP contribution in [0.1, 0.15) is 22.8 Å². The first-order chi connectivity index (χ1) is 8.27. The van der Waals surface area contributed by atoms with Gasteiger partial charge in [0.25, 0.3) is 0 Å². The summed E-state index contributed by atoms with van der Waals surface area (Å²) in [7, 11) is 0. The molecule has 1 aliphatic heterocycles. The van der Waals surface area contributed by atoms with Crippen molar-refractivity contribution in [2.75, 3.05) is 5.75 Å². The van der Waals surface area contributed by atoms with Gasteiger partial charge in [-0.1, -0.05) is 43.3 Å². The van der Waals surface area contributed by atoms with Crippen molar-refractivity contribution in [1.82, 2.24) is 0 Å². The van der Waals surface area contributed by atoms with Gasteiger partial charge in [-0.3, -0.25) is 4.79 Å². The van der Waals surface area contributed by atoms with E-state index in [4.69, 9.17) is 0 Å². The maximum Gasteiger partial charge on any atom is 0.166 e. The van der Waals surface area contributed by atoms with Gasteiger partial charge in [-0.25, -0.2) is 0 Å². The van der Waals surface area contributed by atoms with Crippen molar-refractivity contribution in [2.45, 2.75) is 12.7 Å². The average molecular weight is 242 g/mol. The van der Waals surface area contributed by atoms with Crippen LogP contribution in [0, 0.1) is 5.92 Å². The SMILES string of the molecule is CC1CSCc2c(ccc3ccccc23)C1=O. The second-order valence-corrected chi connectivity index (χ2v) is 5.62. The number of rotatable bonds is 0. The Balaban J connectivity index is 2.29. The van der Waals surface area contributed by atoms with Crippen molar-refractivity contribution in [3.8, 4) is 0 Å². The van der Waals surface area contributed by atoms with E-state index in [0.29, 0.717) is 5.78 Å². The summed E-state index contributed by atoms with van der Waals surface area (Å²) in [5.41, 5.74) is 2.16. The van der Waals surface area contributed by atoms with E-state index in [1.165, 1.54) is 16.3 Å². The Morgan fingerprint density at radius 3 is 2.88 bits per heavy atom. The van der Waals surface area contributed by atoms with Gasteiger partial charge in [0.1, 0.15) is 0 Å². The Kier molecular flexibility index (Phi) is 2.67. The molecule has 2 aromatic carbocycles. The molecule has 2 aromatic rings. The lowest BCUT2D eigenvalue weighted by Gasteiger charge is -2.09. The Morgan fingerprint density at radius 2 is 2.00 bits per heavy atom. The zero-order valence-corrected chi connectivity index (χ0v) is 10.6. The van der Waals surface area contributed by atoms with Crippen molar-refractivity contribution in [3.05, 3.63) is 47.5 Å². The summed E-state index contributed by atoms with van der Waals surface area (Å²) in [5.74, 6) is 2.33. The van der Waals surface area contributed by atoms with E-state index in [1.54, 1.807) is 0 Å². The van der Waals surface area contributed by atoms with Crippen LogP contribution in [0.4, 0.5) is 0 Å². The fourth-order valence-corrected chi connectivity index (χ4v) is 3.54. The minimum atomic E-state index is 0.141. The predicted octanol–water partition coefficient (Wildman–Crippen LogP) is 3.91. The fourth-order valence-electron chi connectivity index (χ4n) is 2.40. The smallest absolute Gasteiger partial charge is 0.166 e. The lowest BCUT2D eigenvalue weighted by Crippen LogP contribution is -2.12. The standard InChI is InChI=1S/C15H14OS/c1-10-8-17-9-14-12-5-3-2-4-11(12)6-7-13(14)15(10)16/h2-7,10H,8-9H2,1H3. The van der Waals surface area contributed by atoms with Gasteiger partial charge in [-0.05, 0) is 16.3 Å². The minimum Gasteiger partial charge on any atom is -0.294 e. The molecule has 86 valence electrons. The zero-order valence-electron chi connectivity index (χ0n) is 9.77. The van der Waals surface area contributed by atoms with Gasteiger partial charge >= 0.3 is 0 Å². The molecule has 0 N–H and O–H groups in total. The molecule has 2 heteroatoms. The van der Waals surface area contributed by atoms with Gasteiger partial charge in [-0.15, -0.1) is 0 Å². The van der Waals surface area contributed by atoms with E-state index in [9.17, 15) is 4.79 Å². The van der Waals surface area contributed by atoms with Crippen LogP contribution < -0.4 is 0 Å². The highest BCUT2D eigenvalue weighted by atomic mass is 32.2. The summed E-state index contributed by atoms with van der Waals surface area (Å²) in [6.07, 6.45) is 0. The van der Waals surface area contributed by atoms with Crippen LogP contribution in [0.3, 0.4) is 0 Å². The quantitative estimate of drug-likeness (QED) is 0.697. The van der Waals surface area contributed by atoms with Gasteiger partial charge in [0.05, 0.1) is 0 Å². The number of hydrogen-bond acceptors (Lipinski definition) is 2. The molecule has 1 unspecified atom stereocenters. The maximum absolute atomic E-state index is 12.3. The molecule has 1 aliphatic rings. The van der Waals surface area contributed by atoms with Crippen molar-refractivity contribution in [2.24, 2.45) is 5.92 Å². The average Bonchev–Trinajstić information content (AvgIpc) is 2.51. The maximum atomic E-state index is 12.3. The third kappa shape index (κ3) is 1.77. The van der Waals surface area contributed by atoms with Gasteiger partial charge in [0.15, 0.2) is 5.78 Å². The van der Waals surface area contributed by atoms with E-state index in [-0.39, 0.29) is 5.92 Å². The number of Topliss-reactive ketones (excluding diaryl/α,β-unsaturated/α-hetero) is 1. The molecule has 17 heavy (non-hydrogen) atoms. The molecular weight excluding hydrogens is 228 g/mol. The highest BCUT2D eigenvalue weighted by Crippen LogP contribution is 2.32. The molecule has 0 saturated carbocycles. The van der Waals surface area contributed by atoms with Crippen LogP contribution >= 0.6 is 11.8 Å². The van der Waals surface area contributed by atoms with E-state index >= 15 is 0 Å². The monoisotopic (exact) mass is 242 g/mol. The number of carbonyl (C=O) groups excluding carboxylic acids is 1. The topological polar surface area (TPSA) is 17.1 Å². The van der Waals surface area contributed by atoms with Crippen molar-refractivity contribution in [3.63, 3.8) is 0 Å². The molecular formula is C15H14OS. The van der Waals surface area contributed by atoms with Crippen LogP contribution in [-0.2, 0) is 5.75 Å². The number of benzene rings is 2. The molecule has 3 rings (SSSR count). The van der Waals surface area contributed by atoms with E-state index < -0.39 is 0 Å². The van der Waals surface area contributed by atoms with E-state index in [1.807, 2.05) is 36.9 Å². The first-order valence-corrected chi connectivity index (χ1v) is 7.05. The van der Waals surface area contributed by atoms with Crippen molar-refractivity contribution in [1.29, 1.82) is 0 Å². The van der Waals surface area contributed by atoms with Crippen molar-refractivity contribution < 1.29 is 4.79 Å². The fraction of sp³-hybridized carbons (Fsp3) is 0.267. The summed E-state index contributed by atoms with van der Waals surface area (Å²) in [6, 6.07) is 12.4. The first kappa shape index (κ1) is 10.8. The zero-order chi connectivity index (χ0) is 11.8. The highest BCUT2D eigenvalue weighted by Gasteiger charge is 2.23. The Bertz CT molecular complexity index is 588. The Hall–Kier alpha value is -1.28. The molecule has 0 spiro atoms. The van der Waals surface area contributed by atoms with Crippen LogP contribution in [0.5, 0.6) is 0 Å². The number of thioether (sulfide) groups is 1. The molecule has 0 fully saturated rings. The van der Waals surface area contributed by atoms with Gasteiger partial charge in [0, 0.05) is 23.0 Å². The summed E-state index contributed by atoms with van der Waals surface area (Å²) in [4.78, 5) is 12.3. The molecule has 1 nitrogen and oxygen atoms in total. The molecule has 0 saturated heterocycles. The summed E-state index contributed by atoms with van der Waals surface area (Å²) < 4.78 is 0. The minimum absolute atomic E-state index is 0.141. The number of ketones is 1. The molecule has 0 radical (unpaired) electrons. The molecule has 1 atom stereocenters. The summed E-state index contributed by atoms with van der Waals surface area (Å²) in [5, 5.41) is 2.47. The number of carbonyl (C=O) groups is 1. The first-order valence-electron chi connectivity index (χ1n) is 5.90. The van der Waals surface area contributed by atoms with Gasteiger partial charge in [0.2, 0.25) is 0 Å². The van der Waals surface area contributed by atoms with Crippen LogP contribution in [-0.4, -0.2) is 11.5 Å². The number of fused-ring (bicyclic) bond motifs is 3. The van der Waals surface area contributed by atoms with Gasteiger partial charge < -0.3 is 0 Å². The predicted molar refractivity (Wildman–Crippen MR) is 73.6 cm³/mol. The largest absolute Gasteiger partial charge is 0.294 e. The van der Waals surface area contributed by atoms with Gasteiger partial charge in [-0.2, -0.15) is 11.8 Å². The highest BCUT2D eigenvalue weighted by molar-refractivity contribution is 7.98. The second kappa shape index (κ2) is 4.19. The van der Waals surface area contributed by atoms with Crippen LogP contribution in [0.15, 0.2) is 36.4 Å². The Labute approximate surface area is 105 Å². The molecule has 0 bridgehead atoms. The van der Waals surface area contributed by atoms with E-state index in [0.717, 1.165) is 17.1 Å². The molecule has 0 aliphatic carbocycles. The lowest BCUT2D eigenvalue weighted by atomic mass is 9.93. The van der Waals surface area contributed by atoms with Crippen LogP contribution in [0.25, 0.3) is 10.8 Å². The van der Waals surface area contributed by atoms with Crippen LogP contribution in [0.2, 0.25) is 0 Å². The number of hydrogen-bond donors (Lipinski definition) is 0. The van der Waals surface area contributed by atoms with Crippen molar-refractivity contribution >= 4 is 28.3 Å². The molecule has 0 amide bonds. The van der Waals surface area contributed by atoms with E-state index in [2.05, 4.69) is 18.2 Å². The second-order valence-electron chi connectivity index (χ2n) is 4.59. The molecule has 1 heterocycles. The summed E-state index contributed by atoms with van der Waals surface area (Å²) >= 11 is 1.86. The summed E-state index contributed by atoms with van der Waals surface area (Å²) in [6.45, 7) is 2.03. The third-order valence-corrected chi connectivity index (χ3v) is 4.60.